The molecular formula is C21H26N2O4S. The molecule has 7 heteroatoms. The lowest BCUT2D eigenvalue weighted by Gasteiger charge is -2.26. The first kappa shape index (κ1) is 20.4. The minimum absolute atomic E-state index is 0.164. The normalized spacial score (nSPS) is 15.2. The van der Waals surface area contributed by atoms with Gasteiger partial charge >= 0.3 is 0 Å². The van der Waals surface area contributed by atoms with Crippen LogP contribution in [0.25, 0.3) is 0 Å². The summed E-state index contributed by atoms with van der Waals surface area (Å²) >= 11 is 0. The second-order valence-electron chi connectivity index (χ2n) is 6.88. The lowest BCUT2D eigenvalue weighted by molar-refractivity contribution is 0.102. The number of hydrogen-bond acceptors (Lipinski definition) is 4. The summed E-state index contributed by atoms with van der Waals surface area (Å²) in [6.07, 6.45) is 2.79. The number of nitrogens with zero attached hydrogens (tertiary/aromatic N) is 1. The Balaban J connectivity index is 1.92. The van der Waals surface area contributed by atoms with Crippen molar-refractivity contribution < 1.29 is 17.9 Å². The average Bonchev–Trinajstić information content (AvgIpc) is 2.70. The maximum absolute atomic E-state index is 13.0. The molecule has 0 radical (unpaired) electrons. The van der Waals surface area contributed by atoms with Crippen molar-refractivity contribution in [2.75, 3.05) is 25.0 Å². The largest absolute Gasteiger partial charge is 0.492 e. The van der Waals surface area contributed by atoms with Crippen LogP contribution in [0.2, 0.25) is 0 Å². The summed E-state index contributed by atoms with van der Waals surface area (Å²) in [4.78, 5) is 12.8. The number of amides is 1. The Morgan fingerprint density at radius 2 is 1.86 bits per heavy atom. The maximum atomic E-state index is 13.0. The molecule has 1 aliphatic heterocycles. The molecule has 0 atom stereocenters. The summed E-state index contributed by atoms with van der Waals surface area (Å²) in [6.45, 7) is 5.21. The highest BCUT2D eigenvalue weighted by Gasteiger charge is 2.27. The molecule has 1 aliphatic rings. The van der Waals surface area contributed by atoms with Gasteiger partial charge in [-0.15, -0.1) is 0 Å². The van der Waals surface area contributed by atoms with E-state index in [1.807, 2.05) is 26.0 Å². The second-order valence-corrected chi connectivity index (χ2v) is 8.82. The summed E-state index contributed by atoms with van der Waals surface area (Å²) in [5.74, 6) is 0.137. The van der Waals surface area contributed by atoms with Crippen LogP contribution in [0.15, 0.2) is 47.4 Å². The highest BCUT2D eigenvalue weighted by atomic mass is 32.2. The highest BCUT2D eigenvalue weighted by Crippen LogP contribution is 2.30. The summed E-state index contributed by atoms with van der Waals surface area (Å²) in [7, 11) is -3.60. The van der Waals surface area contributed by atoms with Crippen molar-refractivity contribution in [2.45, 2.75) is 38.0 Å². The van der Waals surface area contributed by atoms with Crippen molar-refractivity contribution in [1.29, 1.82) is 0 Å². The SMILES string of the molecule is CCOc1ccc(S(=O)(=O)N2CCCCC2)cc1NC(=O)c1cccc(C)c1. The number of hydrogen-bond donors (Lipinski definition) is 1. The van der Waals surface area contributed by atoms with Gasteiger partial charge in [-0.05, 0) is 57.0 Å². The molecule has 3 rings (SSSR count). The molecule has 2 aromatic carbocycles. The fourth-order valence-electron chi connectivity index (χ4n) is 3.28. The van der Waals surface area contributed by atoms with Gasteiger partial charge in [0.1, 0.15) is 5.75 Å². The van der Waals surface area contributed by atoms with Crippen molar-refractivity contribution >= 4 is 21.6 Å². The van der Waals surface area contributed by atoms with Crippen molar-refractivity contribution in [3.05, 3.63) is 53.6 Å². The van der Waals surface area contributed by atoms with Crippen LogP contribution in [0.4, 0.5) is 5.69 Å². The van der Waals surface area contributed by atoms with E-state index in [4.69, 9.17) is 4.74 Å². The van der Waals surface area contributed by atoms with E-state index in [0.29, 0.717) is 36.7 Å². The lowest BCUT2D eigenvalue weighted by atomic mass is 10.1. The van der Waals surface area contributed by atoms with Crippen LogP contribution in [-0.4, -0.2) is 38.3 Å². The minimum atomic E-state index is -3.60. The molecule has 0 bridgehead atoms. The van der Waals surface area contributed by atoms with Crippen molar-refractivity contribution in [2.24, 2.45) is 0 Å². The Bertz CT molecular complexity index is 951. The highest BCUT2D eigenvalue weighted by molar-refractivity contribution is 7.89. The Morgan fingerprint density at radius 1 is 1.11 bits per heavy atom. The molecule has 0 unspecified atom stereocenters. The van der Waals surface area contributed by atoms with Crippen LogP contribution in [0, 0.1) is 6.92 Å². The molecule has 1 amide bonds. The first-order valence-electron chi connectivity index (χ1n) is 9.57. The Labute approximate surface area is 166 Å². The zero-order valence-corrected chi connectivity index (χ0v) is 17.1. The summed E-state index contributed by atoms with van der Waals surface area (Å²) < 4.78 is 33.1. The third-order valence-electron chi connectivity index (χ3n) is 4.73. The quantitative estimate of drug-likeness (QED) is 0.797. The monoisotopic (exact) mass is 402 g/mol. The number of piperidine rings is 1. The Morgan fingerprint density at radius 3 is 2.54 bits per heavy atom. The van der Waals surface area contributed by atoms with Gasteiger partial charge in [0.25, 0.3) is 5.91 Å². The van der Waals surface area contributed by atoms with Gasteiger partial charge in [0, 0.05) is 18.7 Å². The number of ether oxygens (including phenoxy) is 1. The van der Waals surface area contributed by atoms with Gasteiger partial charge in [-0.2, -0.15) is 4.31 Å². The van der Waals surface area contributed by atoms with Crippen LogP contribution in [0.1, 0.15) is 42.1 Å². The number of rotatable bonds is 6. The van der Waals surface area contributed by atoms with E-state index in [9.17, 15) is 13.2 Å². The molecular weight excluding hydrogens is 376 g/mol. The smallest absolute Gasteiger partial charge is 0.255 e. The molecule has 1 fully saturated rings. The van der Waals surface area contributed by atoms with Crippen LogP contribution in [0.3, 0.4) is 0 Å². The number of sulfonamides is 1. The molecule has 0 saturated carbocycles. The van der Waals surface area contributed by atoms with Gasteiger partial charge in [-0.1, -0.05) is 24.1 Å². The Hall–Kier alpha value is -2.38. The number of aryl methyl sites for hydroxylation is 1. The zero-order chi connectivity index (χ0) is 20.1. The molecule has 1 N–H and O–H groups in total. The topological polar surface area (TPSA) is 75.7 Å². The molecule has 28 heavy (non-hydrogen) atoms. The summed E-state index contributed by atoms with van der Waals surface area (Å²) in [5.41, 5.74) is 1.83. The van der Waals surface area contributed by atoms with Crippen molar-refractivity contribution in [1.82, 2.24) is 4.31 Å². The molecule has 1 saturated heterocycles. The minimum Gasteiger partial charge on any atom is -0.492 e. The molecule has 150 valence electrons. The Kier molecular flexibility index (Phi) is 6.36. The van der Waals surface area contributed by atoms with E-state index in [-0.39, 0.29) is 10.8 Å². The number of anilines is 1. The lowest BCUT2D eigenvalue weighted by Crippen LogP contribution is -2.35. The van der Waals surface area contributed by atoms with Gasteiger partial charge in [-0.25, -0.2) is 8.42 Å². The first-order valence-corrected chi connectivity index (χ1v) is 11.0. The van der Waals surface area contributed by atoms with Crippen LogP contribution in [0.5, 0.6) is 5.75 Å². The molecule has 0 aromatic heterocycles. The zero-order valence-electron chi connectivity index (χ0n) is 16.3. The number of carbonyl (C=O) groups excluding carboxylic acids is 1. The van der Waals surface area contributed by atoms with E-state index in [1.54, 1.807) is 18.2 Å². The molecule has 0 spiro atoms. The molecule has 2 aromatic rings. The van der Waals surface area contributed by atoms with Crippen LogP contribution >= 0.6 is 0 Å². The van der Waals surface area contributed by atoms with Crippen LogP contribution < -0.4 is 10.1 Å². The second kappa shape index (κ2) is 8.75. The fourth-order valence-corrected chi connectivity index (χ4v) is 4.83. The molecule has 1 heterocycles. The number of benzene rings is 2. The van der Waals surface area contributed by atoms with Crippen LogP contribution in [-0.2, 0) is 10.0 Å². The molecule has 0 aliphatic carbocycles. The molecule has 6 nitrogen and oxygen atoms in total. The predicted molar refractivity (Wildman–Crippen MR) is 109 cm³/mol. The fraction of sp³-hybridized carbons (Fsp3) is 0.381. The van der Waals surface area contributed by atoms with E-state index < -0.39 is 10.0 Å². The van der Waals surface area contributed by atoms with Gasteiger partial charge in [0.2, 0.25) is 10.0 Å². The third-order valence-corrected chi connectivity index (χ3v) is 6.63. The van der Waals surface area contributed by atoms with E-state index >= 15 is 0 Å². The van der Waals surface area contributed by atoms with Gasteiger partial charge in [0.15, 0.2) is 0 Å². The third kappa shape index (κ3) is 4.54. The number of nitrogens with one attached hydrogen (secondary N) is 1. The maximum Gasteiger partial charge on any atom is 0.255 e. The van der Waals surface area contributed by atoms with E-state index in [0.717, 1.165) is 24.8 Å². The van der Waals surface area contributed by atoms with Gasteiger partial charge in [0.05, 0.1) is 17.2 Å². The van der Waals surface area contributed by atoms with E-state index in [2.05, 4.69) is 5.32 Å². The van der Waals surface area contributed by atoms with Gasteiger partial charge in [-0.3, -0.25) is 4.79 Å². The predicted octanol–water partition coefficient (Wildman–Crippen LogP) is 3.82. The van der Waals surface area contributed by atoms with Crippen molar-refractivity contribution in [3.63, 3.8) is 0 Å². The van der Waals surface area contributed by atoms with E-state index in [1.165, 1.54) is 16.4 Å². The summed E-state index contributed by atoms with van der Waals surface area (Å²) in [6, 6.07) is 11.9. The summed E-state index contributed by atoms with van der Waals surface area (Å²) in [5, 5.41) is 2.81. The average molecular weight is 403 g/mol. The standard InChI is InChI=1S/C21H26N2O4S/c1-3-27-20-11-10-18(28(25,26)23-12-5-4-6-13-23)15-19(20)22-21(24)17-9-7-8-16(2)14-17/h7-11,14-15H,3-6,12-13H2,1-2H3,(H,22,24). The number of carbonyl (C=O) groups is 1. The van der Waals surface area contributed by atoms with Crippen molar-refractivity contribution in [3.8, 4) is 5.75 Å². The van der Waals surface area contributed by atoms with Gasteiger partial charge < -0.3 is 10.1 Å². The first-order chi connectivity index (χ1) is 13.4.